The van der Waals surface area contributed by atoms with Gasteiger partial charge in [0.2, 0.25) is 0 Å². The number of nitrogens with zero attached hydrogens (tertiary/aromatic N) is 1. The van der Waals surface area contributed by atoms with Gasteiger partial charge in [-0.05, 0) is 6.42 Å². The molecule has 0 atom stereocenters. The molecule has 1 N–H and O–H groups in total. The standard InChI is InChI=1S/C11H22N2O/c1-2-3-11(9-14-10-11)8-13-6-4-12-5-7-13/h12H,2-10H2,1H3. The first-order chi connectivity index (χ1) is 6.85. The van der Waals surface area contributed by atoms with E-state index in [4.69, 9.17) is 4.74 Å². The van der Waals surface area contributed by atoms with Gasteiger partial charge in [0.1, 0.15) is 0 Å². The largest absolute Gasteiger partial charge is 0.380 e. The number of hydrogen-bond acceptors (Lipinski definition) is 3. The summed E-state index contributed by atoms with van der Waals surface area (Å²) in [5, 5.41) is 3.40. The zero-order chi connectivity index (χ0) is 9.86. The predicted octanol–water partition coefficient (Wildman–Crippen LogP) is 0.708. The fourth-order valence-electron chi connectivity index (χ4n) is 2.58. The molecule has 82 valence electrons. The number of nitrogens with one attached hydrogen (secondary N) is 1. The Balaban J connectivity index is 1.80. The highest BCUT2D eigenvalue weighted by molar-refractivity contribution is 4.89. The molecule has 0 radical (unpaired) electrons. The lowest BCUT2D eigenvalue weighted by molar-refractivity contribution is -0.131. The fourth-order valence-corrected chi connectivity index (χ4v) is 2.58. The van der Waals surface area contributed by atoms with E-state index in [9.17, 15) is 0 Å². The summed E-state index contributed by atoms with van der Waals surface area (Å²) in [5.41, 5.74) is 0.506. The third-order valence-corrected chi connectivity index (χ3v) is 3.37. The van der Waals surface area contributed by atoms with Gasteiger partial charge < -0.3 is 15.0 Å². The molecule has 0 spiro atoms. The molecular formula is C11H22N2O. The molecule has 14 heavy (non-hydrogen) atoms. The van der Waals surface area contributed by atoms with Crippen molar-refractivity contribution in [3.63, 3.8) is 0 Å². The average molecular weight is 198 g/mol. The second-order valence-electron chi connectivity index (χ2n) is 4.77. The van der Waals surface area contributed by atoms with Crippen LogP contribution in [0.15, 0.2) is 0 Å². The lowest BCUT2D eigenvalue weighted by Crippen LogP contribution is -2.54. The van der Waals surface area contributed by atoms with Crippen molar-refractivity contribution in [3.8, 4) is 0 Å². The quantitative estimate of drug-likeness (QED) is 0.720. The van der Waals surface area contributed by atoms with Crippen molar-refractivity contribution in [3.05, 3.63) is 0 Å². The summed E-state index contributed by atoms with van der Waals surface area (Å²) in [7, 11) is 0. The average Bonchev–Trinajstić information content (AvgIpc) is 2.16. The molecule has 2 aliphatic heterocycles. The van der Waals surface area contributed by atoms with E-state index in [2.05, 4.69) is 17.1 Å². The first-order valence-corrected chi connectivity index (χ1v) is 5.85. The summed E-state index contributed by atoms with van der Waals surface area (Å²) < 4.78 is 5.39. The second-order valence-corrected chi connectivity index (χ2v) is 4.77. The van der Waals surface area contributed by atoms with Gasteiger partial charge in [-0.15, -0.1) is 0 Å². The number of hydrogen-bond donors (Lipinski definition) is 1. The maximum atomic E-state index is 5.39. The predicted molar refractivity (Wildman–Crippen MR) is 57.5 cm³/mol. The van der Waals surface area contributed by atoms with Crippen molar-refractivity contribution in [2.24, 2.45) is 5.41 Å². The number of ether oxygens (including phenoxy) is 1. The minimum atomic E-state index is 0.506. The second kappa shape index (κ2) is 4.60. The highest BCUT2D eigenvalue weighted by Crippen LogP contribution is 2.33. The van der Waals surface area contributed by atoms with Crippen molar-refractivity contribution in [1.29, 1.82) is 0 Å². The van der Waals surface area contributed by atoms with Crippen LogP contribution in [0.2, 0.25) is 0 Å². The van der Waals surface area contributed by atoms with E-state index in [0.29, 0.717) is 5.41 Å². The van der Waals surface area contributed by atoms with Gasteiger partial charge in [-0.3, -0.25) is 0 Å². The molecule has 0 aromatic carbocycles. The van der Waals surface area contributed by atoms with Crippen LogP contribution in [0.1, 0.15) is 19.8 Å². The summed E-state index contributed by atoms with van der Waals surface area (Å²) >= 11 is 0. The molecule has 2 rings (SSSR count). The number of rotatable bonds is 4. The van der Waals surface area contributed by atoms with Crippen molar-refractivity contribution < 1.29 is 4.74 Å². The van der Waals surface area contributed by atoms with Crippen LogP contribution in [0.4, 0.5) is 0 Å². The zero-order valence-electron chi connectivity index (χ0n) is 9.22. The van der Waals surface area contributed by atoms with E-state index < -0.39 is 0 Å². The minimum absolute atomic E-state index is 0.506. The fraction of sp³-hybridized carbons (Fsp3) is 1.00. The Morgan fingerprint density at radius 1 is 1.29 bits per heavy atom. The van der Waals surface area contributed by atoms with Crippen LogP contribution >= 0.6 is 0 Å². The Morgan fingerprint density at radius 2 is 2.00 bits per heavy atom. The third kappa shape index (κ3) is 2.27. The molecule has 0 saturated carbocycles. The third-order valence-electron chi connectivity index (χ3n) is 3.37. The topological polar surface area (TPSA) is 24.5 Å². The van der Waals surface area contributed by atoms with Gasteiger partial charge in [0.15, 0.2) is 0 Å². The van der Waals surface area contributed by atoms with E-state index in [-0.39, 0.29) is 0 Å². The maximum Gasteiger partial charge on any atom is 0.0557 e. The molecular weight excluding hydrogens is 176 g/mol. The molecule has 3 heteroatoms. The lowest BCUT2D eigenvalue weighted by atomic mass is 9.81. The molecule has 2 saturated heterocycles. The molecule has 0 bridgehead atoms. The molecule has 0 amide bonds. The van der Waals surface area contributed by atoms with Crippen LogP contribution in [-0.4, -0.2) is 50.8 Å². The van der Waals surface area contributed by atoms with Crippen molar-refractivity contribution in [1.82, 2.24) is 10.2 Å². The lowest BCUT2D eigenvalue weighted by Gasteiger charge is -2.45. The maximum absolute atomic E-state index is 5.39. The molecule has 0 aliphatic carbocycles. The van der Waals surface area contributed by atoms with E-state index >= 15 is 0 Å². The van der Waals surface area contributed by atoms with Gasteiger partial charge in [-0.2, -0.15) is 0 Å². The first-order valence-electron chi connectivity index (χ1n) is 5.85. The summed E-state index contributed by atoms with van der Waals surface area (Å²) in [6, 6.07) is 0. The summed E-state index contributed by atoms with van der Waals surface area (Å²) in [6.45, 7) is 10.2. The summed E-state index contributed by atoms with van der Waals surface area (Å²) in [5.74, 6) is 0. The minimum Gasteiger partial charge on any atom is -0.380 e. The van der Waals surface area contributed by atoms with E-state index in [1.165, 1.54) is 32.5 Å². The van der Waals surface area contributed by atoms with Gasteiger partial charge in [0, 0.05) is 38.1 Å². The summed E-state index contributed by atoms with van der Waals surface area (Å²) in [6.07, 6.45) is 2.62. The zero-order valence-corrected chi connectivity index (χ0v) is 9.22. The van der Waals surface area contributed by atoms with E-state index in [0.717, 1.165) is 26.3 Å². The Kier molecular flexibility index (Phi) is 3.42. The molecule has 3 nitrogen and oxygen atoms in total. The van der Waals surface area contributed by atoms with Crippen molar-refractivity contribution in [2.75, 3.05) is 45.9 Å². The smallest absolute Gasteiger partial charge is 0.0557 e. The molecule has 0 aromatic rings. The van der Waals surface area contributed by atoms with Gasteiger partial charge in [0.25, 0.3) is 0 Å². The van der Waals surface area contributed by atoms with Crippen LogP contribution in [-0.2, 0) is 4.74 Å². The Morgan fingerprint density at radius 3 is 2.50 bits per heavy atom. The Hall–Kier alpha value is -0.120. The van der Waals surface area contributed by atoms with Gasteiger partial charge in [-0.25, -0.2) is 0 Å². The molecule has 0 unspecified atom stereocenters. The molecule has 0 aromatic heterocycles. The van der Waals surface area contributed by atoms with Crippen LogP contribution in [0.3, 0.4) is 0 Å². The normalized spacial score (nSPS) is 27.2. The van der Waals surface area contributed by atoms with Crippen LogP contribution in [0, 0.1) is 5.41 Å². The molecule has 2 heterocycles. The van der Waals surface area contributed by atoms with Crippen molar-refractivity contribution >= 4 is 0 Å². The first kappa shape index (κ1) is 10.4. The Bertz CT molecular complexity index is 174. The van der Waals surface area contributed by atoms with E-state index in [1.807, 2.05) is 0 Å². The monoisotopic (exact) mass is 198 g/mol. The highest BCUT2D eigenvalue weighted by Gasteiger charge is 2.39. The summed E-state index contributed by atoms with van der Waals surface area (Å²) in [4.78, 5) is 2.59. The molecule has 2 aliphatic rings. The van der Waals surface area contributed by atoms with Gasteiger partial charge in [0.05, 0.1) is 13.2 Å². The van der Waals surface area contributed by atoms with Crippen molar-refractivity contribution in [2.45, 2.75) is 19.8 Å². The number of piperazine rings is 1. The van der Waals surface area contributed by atoms with E-state index in [1.54, 1.807) is 0 Å². The molecule has 2 fully saturated rings. The van der Waals surface area contributed by atoms with Gasteiger partial charge >= 0.3 is 0 Å². The van der Waals surface area contributed by atoms with Gasteiger partial charge in [-0.1, -0.05) is 13.3 Å². The SMILES string of the molecule is CCCC1(CN2CCNCC2)COC1. The Labute approximate surface area is 86.8 Å². The van der Waals surface area contributed by atoms with Crippen LogP contribution in [0.5, 0.6) is 0 Å². The van der Waals surface area contributed by atoms with Crippen LogP contribution < -0.4 is 5.32 Å². The van der Waals surface area contributed by atoms with Crippen LogP contribution in [0.25, 0.3) is 0 Å². The highest BCUT2D eigenvalue weighted by atomic mass is 16.5.